The van der Waals surface area contributed by atoms with E-state index in [-0.39, 0.29) is 23.9 Å². The van der Waals surface area contributed by atoms with Gasteiger partial charge in [-0.3, -0.25) is 14.2 Å². The Hall–Kier alpha value is -2.67. The third-order valence-corrected chi connectivity index (χ3v) is 4.92. The third kappa shape index (κ3) is 4.11. The van der Waals surface area contributed by atoms with Crippen molar-refractivity contribution in [2.75, 3.05) is 6.61 Å². The summed E-state index contributed by atoms with van der Waals surface area (Å²) in [7, 11) is 0. The Morgan fingerprint density at radius 1 is 1.31 bits per heavy atom. The van der Waals surface area contributed by atoms with Gasteiger partial charge in [-0.2, -0.15) is 0 Å². The SMILES string of the molecule is CCOc1ccc(C(C)NC(=O)CCn2cnc3sccc3c2=O)cc1. The molecule has 136 valence electrons. The van der Waals surface area contributed by atoms with Crippen molar-refractivity contribution in [2.24, 2.45) is 0 Å². The van der Waals surface area contributed by atoms with Gasteiger partial charge >= 0.3 is 0 Å². The van der Waals surface area contributed by atoms with Crippen molar-refractivity contribution in [1.29, 1.82) is 0 Å². The van der Waals surface area contributed by atoms with Crippen LogP contribution in [-0.4, -0.2) is 22.1 Å². The maximum atomic E-state index is 12.3. The quantitative estimate of drug-likeness (QED) is 0.692. The summed E-state index contributed by atoms with van der Waals surface area (Å²) < 4.78 is 6.90. The van der Waals surface area contributed by atoms with Gasteiger partial charge in [0.05, 0.1) is 24.4 Å². The molecule has 0 bridgehead atoms. The number of amides is 1. The van der Waals surface area contributed by atoms with Crippen LogP contribution in [0.4, 0.5) is 0 Å². The second-order valence-electron chi connectivity index (χ2n) is 5.92. The van der Waals surface area contributed by atoms with Gasteiger partial charge in [-0.15, -0.1) is 11.3 Å². The van der Waals surface area contributed by atoms with Crippen molar-refractivity contribution in [2.45, 2.75) is 32.9 Å². The predicted molar refractivity (Wildman–Crippen MR) is 103 cm³/mol. The number of rotatable bonds is 7. The lowest BCUT2D eigenvalue weighted by molar-refractivity contribution is -0.121. The molecule has 0 aliphatic carbocycles. The molecule has 2 aromatic heterocycles. The minimum absolute atomic E-state index is 0.108. The fourth-order valence-corrected chi connectivity index (χ4v) is 3.41. The average molecular weight is 371 g/mol. The lowest BCUT2D eigenvalue weighted by Gasteiger charge is -2.15. The summed E-state index contributed by atoms with van der Waals surface area (Å²) in [6.45, 7) is 4.79. The van der Waals surface area contributed by atoms with Gasteiger partial charge in [-0.1, -0.05) is 12.1 Å². The summed E-state index contributed by atoms with van der Waals surface area (Å²) in [6, 6.07) is 9.31. The van der Waals surface area contributed by atoms with E-state index in [1.54, 1.807) is 6.07 Å². The molecule has 0 saturated carbocycles. The zero-order valence-corrected chi connectivity index (χ0v) is 15.6. The number of hydrogen-bond acceptors (Lipinski definition) is 5. The summed E-state index contributed by atoms with van der Waals surface area (Å²) >= 11 is 1.43. The number of thiophene rings is 1. The van der Waals surface area contributed by atoms with Gasteiger partial charge in [0.2, 0.25) is 5.91 Å². The van der Waals surface area contributed by atoms with Gasteiger partial charge in [0, 0.05) is 13.0 Å². The molecule has 3 aromatic rings. The van der Waals surface area contributed by atoms with Crippen molar-refractivity contribution in [3.8, 4) is 5.75 Å². The molecule has 0 spiro atoms. The molecule has 0 aliphatic heterocycles. The van der Waals surface area contributed by atoms with E-state index in [9.17, 15) is 9.59 Å². The van der Waals surface area contributed by atoms with Gasteiger partial charge in [0.25, 0.3) is 5.56 Å². The first-order valence-electron chi connectivity index (χ1n) is 8.53. The van der Waals surface area contributed by atoms with Crippen molar-refractivity contribution in [3.63, 3.8) is 0 Å². The maximum absolute atomic E-state index is 12.3. The van der Waals surface area contributed by atoms with Crippen LogP contribution in [0, 0.1) is 0 Å². The molecule has 1 N–H and O–H groups in total. The smallest absolute Gasteiger partial charge is 0.262 e. The van der Waals surface area contributed by atoms with Crippen LogP contribution in [-0.2, 0) is 11.3 Å². The minimum atomic E-state index is -0.118. The van der Waals surface area contributed by atoms with Gasteiger partial charge in [0.15, 0.2) is 0 Å². The highest BCUT2D eigenvalue weighted by molar-refractivity contribution is 7.16. The Morgan fingerprint density at radius 2 is 2.08 bits per heavy atom. The largest absolute Gasteiger partial charge is 0.494 e. The Labute approximate surface area is 155 Å². The number of carbonyl (C=O) groups excluding carboxylic acids is 1. The van der Waals surface area contributed by atoms with Crippen LogP contribution in [0.25, 0.3) is 10.2 Å². The fraction of sp³-hybridized carbons (Fsp3) is 0.316. The Balaban J connectivity index is 1.57. The van der Waals surface area contributed by atoms with Gasteiger partial charge in [-0.05, 0) is 43.0 Å². The van der Waals surface area contributed by atoms with E-state index in [4.69, 9.17) is 4.74 Å². The zero-order valence-electron chi connectivity index (χ0n) is 14.8. The van der Waals surface area contributed by atoms with Crippen molar-refractivity contribution in [3.05, 3.63) is 58.0 Å². The number of nitrogens with zero attached hydrogens (tertiary/aromatic N) is 2. The Morgan fingerprint density at radius 3 is 2.81 bits per heavy atom. The molecule has 1 atom stereocenters. The Bertz CT molecular complexity index is 947. The van der Waals surface area contributed by atoms with E-state index in [0.29, 0.717) is 18.5 Å². The summed E-state index contributed by atoms with van der Waals surface area (Å²) in [6.07, 6.45) is 1.73. The average Bonchev–Trinajstić information content (AvgIpc) is 3.11. The van der Waals surface area contributed by atoms with E-state index in [1.807, 2.05) is 43.5 Å². The Kier molecular flexibility index (Phi) is 5.68. The van der Waals surface area contributed by atoms with E-state index >= 15 is 0 Å². The third-order valence-electron chi connectivity index (χ3n) is 4.10. The van der Waals surface area contributed by atoms with E-state index in [2.05, 4.69) is 10.3 Å². The van der Waals surface area contributed by atoms with E-state index < -0.39 is 0 Å². The molecular formula is C19H21N3O3S. The van der Waals surface area contributed by atoms with Gasteiger partial charge in [0.1, 0.15) is 10.6 Å². The number of ether oxygens (including phenoxy) is 1. The first-order valence-corrected chi connectivity index (χ1v) is 9.41. The second-order valence-corrected chi connectivity index (χ2v) is 6.82. The van der Waals surface area contributed by atoms with Crippen LogP contribution in [0.2, 0.25) is 0 Å². The summed E-state index contributed by atoms with van der Waals surface area (Å²) in [5.41, 5.74) is 0.893. The van der Waals surface area contributed by atoms with Crippen LogP contribution >= 0.6 is 11.3 Å². The van der Waals surface area contributed by atoms with Crippen LogP contribution in [0.15, 0.2) is 46.8 Å². The highest BCUT2D eigenvalue weighted by atomic mass is 32.1. The molecule has 0 radical (unpaired) electrons. The van der Waals surface area contributed by atoms with E-state index in [0.717, 1.165) is 16.1 Å². The molecular weight excluding hydrogens is 350 g/mol. The van der Waals surface area contributed by atoms with Crippen LogP contribution in [0.3, 0.4) is 0 Å². The van der Waals surface area contributed by atoms with Gasteiger partial charge < -0.3 is 10.1 Å². The first kappa shape index (κ1) is 18.1. The number of aryl methyl sites for hydroxylation is 1. The number of fused-ring (bicyclic) bond motifs is 1. The van der Waals surface area contributed by atoms with Crippen molar-refractivity contribution in [1.82, 2.24) is 14.9 Å². The van der Waals surface area contributed by atoms with E-state index in [1.165, 1.54) is 22.2 Å². The molecule has 0 saturated heterocycles. The lowest BCUT2D eigenvalue weighted by Crippen LogP contribution is -2.29. The number of nitrogens with one attached hydrogen (secondary N) is 1. The number of hydrogen-bond donors (Lipinski definition) is 1. The van der Waals surface area contributed by atoms with Crippen LogP contribution in [0.1, 0.15) is 31.9 Å². The molecule has 3 rings (SSSR count). The highest BCUT2D eigenvalue weighted by Gasteiger charge is 2.11. The number of benzene rings is 1. The number of carbonyl (C=O) groups is 1. The summed E-state index contributed by atoms with van der Waals surface area (Å²) in [4.78, 5) is 29.5. The molecule has 1 aromatic carbocycles. The van der Waals surface area contributed by atoms with Crippen LogP contribution < -0.4 is 15.6 Å². The molecule has 1 unspecified atom stereocenters. The molecule has 6 nitrogen and oxygen atoms in total. The normalized spacial score (nSPS) is 12.1. The standard InChI is InChI=1S/C19H21N3O3S/c1-3-25-15-6-4-14(5-7-15)13(2)21-17(23)8-10-22-12-20-18-16(19(22)24)9-11-26-18/h4-7,9,11-13H,3,8,10H2,1-2H3,(H,21,23). The fourth-order valence-electron chi connectivity index (χ4n) is 2.69. The molecule has 0 aliphatic rings. The number of aromatic nitrogens is 2. The van der Waals surface area contributed by atoms with Gasteiger partial charge in [-0.25, -0.2) is 4.98 Å². The summed E-state index contributed by atoms with van der Waals surface area (Å²) in [5, 5.41) is 5.40. The second kappa shape index (κ2) is 8.14. The van der Waals surface area contributed by atoms with Crippen molar-refractivity contribution < 1.29 is 9.53 Å². The molecule has 26 heavy (non-hydrogen) atoms. The summed E-state index contributed by atoms with van der Waals surface area (Å²) in [5.74, 6) is 0.703. The highest BCUT2D eigenvalue weighted by Crippen LogP contribution is 2.18. The predicted octanol–water partition coefficient (Wildman–Crippen LogP) is 3.12. The maximum Gasteiger partial charge on any atom is 0.262 e. The molecule has 0 fully saturated rings. The zero-order chi connectivity index (χ0) is 18.5. The molecule has 2 heterocycles. The monoisotopic (exact) mass is 371 g/mol. The minimum Gasteiger partial charge on any atom is -0.494 e. The first-order chi connectivity index (χ1) is 12.6. The lowest BCUT2D eigenvalue weighted by atomic mass is 10.1. The topological polar surface area (TPSA) is 73.2 Å². The molecule has 7 heteroatoms. The molecule has 1 amide bonds. The van der Waals surface area contributed by atoms with Crippen LogP contribution in [0.5, 0.6) is 5.75 Å². The van der Waals surface area contributed by atoms with Crippen molar-refractivity contribution >= 4 is 27.5 Å².